The van der Waals surface area contributed by atoms with Gasteiger partial charge in [0.25, 0.3) is 11.1 Å². The molecule has 0 radical (unpaired) electrons. The number of imide groups is 1. The van der Waals surface area contributed by atoms with Crippen LogP contribution >= 0.6 is 55.2 Å². The molecule has 6 nitrogen and oxygen atoms in total. The van der Waals surface area contributed by atoms with Gasteiger partial charge >= 0.3 is 5.97 Å². The highest BCUT2D eigenvalue weighted by Crippen LogP contribution is 2.38. The number of thioether (sulfide) groups is 1. The molecule has 10 heteroatoms. The van der Waals surface area contributed by atoms with E-state index in [-0.39, 0.29) is 11.0 Å². The number of nitrogens with zero attached hydrogens (tertiary/aromatic N) is 1. The van der Waals surface area contributed by atoms with E-state index in [1.165, 1.54) is 0 Å². The van der Waals surface area contributed by atoms with Crippen molar-refractivity contribution in [2.75, 3.05) is 6.54 Å². The van der Waals surface area contributed by atoms with Crippen LogP contribution < -0.4 is 4.74 Å². The maximum atomic E-state index is 12.7. The van der Waals surface area contributed by atoms with E-state index in [2.05, 4.69) is 31.9 Å². The molecule has 0 aromatic heterocycles. The van der Waals surface area contributed by atoms with Crippen molar-refractivity contribution >= 4 is 78.4 Å². The second kappa shape index (κ2) is 11.6. The van der Waals surface area contributed by atoms with Crippen LogP contribution in [0.2, 0.25) is 5.02 Å². The van der Waals surface area contributed by atoms with Gasteiger partial charge in [-0.2, -0.15) is 0 Å². The monoisotopic (exact) mass is 615 g/mol. The Bertz CT molecular complexity index is 1080. The molecule has 0 aliphatic carbocycles. The standard InChI is InChI=1S/C23H20Br2ClNO5S/c1-3-13(2)32-20(28)11-27-22(29)19(33-23(27)30)10-15-8-17(24)21(18(25)9-15)31-12-14-4-6-16(26)7-5-14/h4-10,13H,3,11-12H2,1-2H3/b19-10+/t13-/m1/s1. The summed E-state index contributed by atoms with van der Waals surface area (Å²) in [5.74, 6) is -0.537. The summed E-state index contributed by atoms with van der Waals surface area (Å²) in [6.45, 7) is 3.58. The molecule has 1 saturated heterocycles. The fraction of sp³-hybridized carbons (Fsp3) is 0.261. The molecule has 1 heterocycles. The van der Waals surface area contributed by atoms with E-state index in [0.29, 0.717) is 38.3 Å². The number of carbonyl (C=O) groups is 3. The van der Waals surface area contributed by atoms with Crippen molar-refractivity contribution in [3.05, 3.63) is 66.4 Å². The number of hydrogen-bond donors (Lipinski definition) is 0. The second-order valence-corrected chi connectivity index (χ2v) is 10.3. The fourth-order valence-electron chi connectivity index (χ4n) is 2.80. The predicted molar refractivity (Wildman–Crippen MR) is 136 cm³/mol. The summed E-state index contributed by atoms with van der Waals surface area (Å²) in [6.07, 6.45) is 1.98. The van der Waals surface area contributed by atoms with Crippen LogP contribution in [0.25, 0.3) is 6.08 Å². The molecule has 0 saturated carbocycles. The molecular weight excluding hydrogens is 598 g/mol. The Morgan fingerprint density at radius 1 is 1.18 bits per heavy atom. The summed E-state index contributed by atoms with van der Waals surface area (Å²) in [4.78, 5) is 38.1. The highest BCUT2D eigenvalue weighted by Gasteiger charge is 2.37. The van der Waals surface area contributed by atoms with E-state index in [9.17, 15) is 14.4 Å². The van der Waals surface area contributed by atoms with Crippen molar-refractivity contribution < 1.29 is 23.9 Å². The van der Waals surface area contributed by atoms with Crippen LogP contribution in [-0.4, -0.2) is 34.7 Å². The van der Waals surface area contributed by atoms with E-state index < -0.39 is 23.7 Å². The molecule has 33 heavy (non-hydrogen) atoms. The van der Waals surface area contributed by atoms with Gasteiger partial charge in [0.15, 0.2) is 0 Å². The van der Waals surface area contributed by atoms with Gasteiger partial charge in [0.2, 0.25) is 0 Å². The number of ether oxygens (including phenoxy) is 2. The molecule has 3 rings (SSSR count). The number of hydrogen-bond acceptors (Lipinski definition) is 6. The molecule has 0 N–H and O–H groups in total. The van der Waals surface area contributed by atoms with Crippen LogP contribution in [0, 0.1) is 0 Å². The Labute approximate surface area is 217 Å². The average Bonchev–Trinajstić information content (AvgIpc) is 3.01. The van der Waals surface area contributed by atoms with Crippen LogP contribution in [0.4, 0.5) is 4.79 Å². The van der Waals surface area contributed by atoms with Gasteiger partial charge in [-0.1, -0.05) is 30.7 Å². The highest BCUT2D eigenvalue weighted by molar-refractivity contribution is 9.11. The summed E-state index contributed by atoms with van der Waals surface area (Å²) >= 11 is 13.7. The van der Waals surface area contributed by atoms with Crippen LogP contribution in [0.3, 0.4) is 0 Å². The summed E-state index contributed by atoms with van der Waals surface area (Å²) in [6, 6.07) is 10.9. The van der Waals surface area contributed by atoms with Crippen molar-refractivity contribution in [3.8, 4) is 5.75 Å². The molecule has 0 spiro atoms. The van der Waals surface area contributed by atoms with E-state index in [1.54, 1.807) is 37.3 Å². The minimum absolute atomic E-state index is 0.227. The topological polar surface area (TPSA) is 72.9 Å². The lowest BCUT2D eigenvalue weighted by Crippen LogP contribution is -2.35. The Morgan fingerprint density at radius 3 is 2.42 bits per heavy atom. The molecule has 1 aliphatic heterocycles. The zero-order valence-corrected chi connectivity index (χ0v) is 22.5. The molecule has 1 atom stereocenters. The molecular formula is C23H20Br2ClNO5S. The van der Waals surface area contributed by atoms with E-state index in [0.717, 1.165) is 22.2 Å². The summed E-state index contributed by atoms with van der Waals surface area (Å²) in [7, 11) is 0. The number of carbonyl (C=O) groups excluding carboxylic acids is 3. The van der Waals surface area contributed by atoms with Gasteiger partial charge in [0.05, 0.1) is 20.0 Å². The summed E-state index contributed by atoms with van der Waals surface area (Å²) in [5, 5.41) is 0.149. The zero-order valence-electron chi connectivity index (χ0n) is 17.8. The molecule has 174 valence electrons. The maximum absolute atomic E-state index is 12.7. The van der Waals surface area contributed by atoms with Crippen LogP contribution in [0.1, 0.15) is 31.4 Å². The maximum Gasteiger partial charge on any atom is 0.326 e. The Balaban J connectivity index is 1.71. The minimum atomic E-state index is -0.611. The zero-order chi connectivity index (χ0) is 24.1. The van der Waals surface area contributed by atoms with Crippen LogP contribution in [0.5, 0.6) is 5.75 Å². The minimum Gasteiger partial charge on any atom is -0.487 e. The Kier molecular flexibility index (Phi) is 9.03. The summed E-state index contributed by atoms with van der Waals surface area (Å²) < 4.78 is 12.4. The first kappa shape index (κ1) is 25.8. The number of rotatable bonds is 8. The highest BCUT2D eigenvalue weighted by atomic mass is 79.9. The van der Waals surface area contributed by atoms with Gasteiger partial charge in [-0.15, -0.1) is 0 Å². The first-order valence-electron chi connectivity index (χ1n) is 9.99. The Hall–Kier alpha value is -1.81. The van der Waals surface area contributed by atoms with Crippen LogP contribution in [0.15, 0.2) is 50.2 Å². The number of halogens is 3. The Morgan fingerprint density at radius 2 is 1.82 bits per heavy atom. The molecule has 2 amide bonds. The first-order valence-corrected chi connectivity index (χ1v) is 12.8. The van der Waals surface area contributed by atoms with Crippen LogP contribution in [-0.2, 0) is 20.9 Å². The average molecular weight is 618 g/mol. The van der Waals surface area contributed by atoms with Gasteiger partial charge in [-0.05, 0) is 98.4 Å². The lowest BCUT2D eigenvalue weighted by molar-refractivity contribution is -0.150. The third-order valence-electron chi connectivity index (χ3n) is 4.68. The van der Waals surface area contributed by atoms with Crippen molar-refractivity contribution in [1.29, 1.82) is 0 Å². The largest absolute Gasteiger partial charge is 0.487 e. The smallest absolute Gasteiger partial charge is 0.326 e. The van der Waals surface area contributed by atoms with Crippen molar-refractivity contribution in [2.45, 2.75) is 33.0 Å². The van der Waals surface area contributed by atoms with Gasteiger partial charge in [0.1, 0.15) is 18.9 Å². The van der Waals surface area contributed by atoms with Crippen molar-refractivity contribution in [3.63, 3.8) is 0 Å². The first-order chi connectivity index (χ1) is 15.7. The lowest BCUT2D eigenvalue weighted by atomic mass is 10.2. The van der Waals surface area contributed by atoms with Gasteiger partial charge in [0, 0.05) is 5.02 Å². The van der Waals surface area contributed by atoms with Crippen molar-refractivity contribution in [2.24, 2.45) is 0 Å². The van der Waals surface area contributed by atoms with Gasteiger partial charge in [-0.25, -0.2) is 0 Å². The third-order valence-corrected chi connectivity index (χ3v) is 7.02. The van der Waals surface area contributed by atoms with Crippen molar-refractivity contribution in [1.82, 2.24) is 4.90 Å². The van der Waals surface area contributed by atoms with Gasteiger partial charge in [-0.3, -0.25) is 19.3 Å². The van der Waals surface area contributed by atoms with E-state index in [1.807, 2.05) is 19.1 Å². The van der Waals surface area contributed by atoms with Gasteiger partial charge < -0.3 is 9.47 Å². The SMILES string of the molecule is CC[C@@H](C)OC(=O)CN1C(=O)S/C(=C/c2cc(Br)c(OCc3ccc(Cl)cc3)c(Br)c2)C1=O. The predicted octanol–water partition coefficient (Wildman–Crippen LogP) is 6.82. The normalized spacial score (nSPS) is 15.8. The molecule has 2 aromatic rings. The number of amides is 2. The molecule has 2 aromatic carbocycles. The second-order valence-electron chi connectivity index (χ2n) is 7.21. The fourth-order valence-corrected chi connectivity index (χ4v) is 5.21. The molecule has 0 bridgehead atoms. The van der Waals surface area contributed by atoms with E-state index >= 15 is 0 Å². The molecule has 0 unspecified atom stereocenters. The lowest BCUT2D eigenvalue weighted by Gasteiger charge is -2.15. The molecule has 1 fully saturated rings. The molecule has 1 aliphatic rings. The third kappa shape index (κ3) is 6.85. The number of benzene rings is 2. The van der Waals surface area contributed by atoms with E-state index in [4.69, 9.17) is 21.1 Å². The number of esters is 1. The quantitative estimate of drug-likeness (QED) is 0.239. The summed E-state index contributed by atoms with van der Waals surface area (Å²) in [5.41, 5.74) is 1.64.